The van der Waals surface area contributed by atoms with Crippen LogP contribution in [0.25, 0.3) is 0 Å². The number of rotatable bonds is 5. The van der Waals surface area contributed by atoms with E-state index in [0.717, 1.165) is 19.4 Å². The first-order valence-corrected chi connectivity index (χ1v) is 5.98. The van der Waals surface area contributed by atoms with E-state index in [1.807, 2.05) is 7.05 Å². The SMILES string of the molecule is CNCC1CC(Oc2nc(OC)ncc2Cl)C1. The minimum Gasteiger partial charge on any atom is -0.473 e. The molecular weight excluding hydrogens is 242 g/mol. The van der Waals surface area contributed by atoms with Gasteiger partial charge in [0.05, 0.1) is 13.3 Å². The number of nitrogens with zero attached hydrogens (tertiary/aromatic N) is 2. The van der Waals surface area contributed by atoms with Crippen molar-refractivity contribution < 1.29 is 9.47 Å². The molecule has 94 valence electrons. The molecule has 0 radical (unpaired) electrons. The van der Waals surface area contributed by atoms with Crippen molar-refractivity contribution in [2.75, 3.05) is 20.7 Å². The highest BCUT2D eigenvalue weighted by molar-refractivity contribution is 6.31. The number of aromatic nitrogens is 2. The standard InChI is InChI=1S/C11H16ClN3O2/c1-13-5-7-3-8(4-7)17-10-9(12)6-14-11(15-10)16-2/h6-8,13H,3-5H2,1-2H3. The fraction of sp³-hybridized carbons (Fsp3) is 0.636. The molecular formula is C11H16ClN3O2. The van der Waals surface area contributed by atoms with Gasteiger partial charge >= 0.3 is 6.01 Å². The highest BCUT2D eigenvalue weighted by Gasteiger charge is 2.31. The molecule has 2 rings (SSSR count). The predicted molar refractivity (Wildman–Crippen MR) is 64.7 cm³/mol. The summed E-state index contributed by atoms with van der Waals surface area (Å²) in [6.07, 6.45) is 3.75. The van der Waals surface area contributed by atoms with Gasteiger partial charge in [-0.2, -0.15) is 4.98 Å². The number of halogens is 1. The van der Waals surface area contributed by atoms with Crippen LogP contribution in [0.3, 0.4) is 0 Å². The fourth-order valence-corrected chi connectivity index (χ4v) is 2.04. The van der Waals surface area contributed by atoms with Crippen molar-refractivity contribution in [2.24, 2.45) is 5.92 Å². The third-order valence-corrected chi connectivity index (χ3v) is 3.10. The van der Waals surface area contributed by atoms with E-state index in [-0.39, 0.29) is 12.1 Å². The Bertz CT molecular complexity index is 383. The molecule has 17 heavy (non-hydrogen) atoms. The fourth-order valence-electron chi connectivity index (χ4n) is 1.90. The number of ether oxygens (including phenoxy) is 2. The molecule has 1 fully saturated rings. The smallest absolute Gasteiger partial charge is 0.319 e. The van der Waals surface area contributed by atoms with Crippen LogP contribution in [0.4, 0.5) is 0 Å². The van der Waals surface area contributed by atoms with E-state index in [9.17, 15) is 0 Å². The Morgan fingerprint density at radius 3 is 2.94 bits per heavy atom. The lowest BCUT2D eigenvalue weighted by Gasteiger charge is -2.34. The Kier molecular flexibility index (Phi) is 4.02. The predicted octanol–water partition coefficient (Wildman–Crippen LogP) is 1.52. The molecule has 0 atom stereocenters. The summed E-state index contributed by atoms with van der Waals surface area (Å²) in [6.45, 7) is 1.03. The zero-order valence-electron chi connectivity index (χ0n) is 9.94. The maximum absolute atomic E-state index is 5.96. The molecule has 1 heterocycles. The number of hydrogen-bond donors (Lipinski definition) is 1. The van der Waals surface area contributed by atoms with Gasteiger partial charge in [0.2, 0.25) is 5.88 Å². The Balaban J connectivity index is 1.91. The monoisotopic (exact) mass is 257 g/mol. The van der Waals surface area contributed by atoms with Crippen molar-refractivity contribution in [2.45, 2.75) is 18.9 Å². The van der Waals surface area contributed by atoms with Crippen LogP contribution in [0.5, 0.6) is 11.9 Å². The van der Waals surface area contributed by atoms with Crippen LogP contribution in [-0.4, -0.2) is 36.8 Å². The van der Waals surface area contributed by atoms with Crippen LogP contribution >= 0.6 is 11.6 Å². The molecule has 0 amide bonds. The van der Waals surface area contributed by atoms with Gasteiger partial charge < -0.3 is 14.8 Å². The van der Waals surface area contributed by atoms with E-state index in [1.54, 1.807) is 0 Å². The van der Waals surface area contributed by atoms with Crippen LogP contribution in [0.2, 0.25) is 5.02 Å². The normalized spacial score (nSPS) is 23.0. The molecule has 0 aromatic carbocycles. The summed E-state index contributed by atoms with van der Waals surface area (Å²) in [7, 11) is 3.47. The molecule has 0 unspecified atom stereocenters. The van der Waals surface area contributed by atoms with Crippen LogP contribution in [0, 0.1) is 5.92 Å². The van der Waals surface area contributed by atoms with Crippen LogP contribution < -0.4 is 14.8 Å². The zero-order chi connectivity index (χ0) is 12.3. The van der Waals surface area contributed by atoms with E-state index in [2.05, 4.69) is 15.3 Å². The summed E-state index contributed by atoms with van der Waals surface area (Å²) in [5.74, 6) is 1.10. The lowest BCUT2D eigenvalue weighted by Crippen LogP contribution is -2.38. The second-order valence-electron chi connectivity index (χ2n) is 4.14. The van der Waals surface area contributed by atoms with E-state index in [0.29, 0.717) is 16.8 Å². The Hall–Kier alpha value is -1.07. The van der Waals surface area contributed by atoms with Crippen molar-refractivity contribution >= 4 is 11.6 Å². The maximum Gasteiger partial charge on any atom is 0.319 e. The van der Waals surface area contributed by atoms with Gasteiger partial charge in [-0.1, -0.05) is 11.6 Å². The Morgan fingerprint density at radius 2 is 2.29 bits per heavy atom. The average Bonchev–Trinajstić information content (AvgIpc) is 2.29. The first kappa shape index (κ1) is 12.4. The molecule has 1 aliphatic rings. The van der Waals surface area contributed by atoms with E-state index < -0.39 is 0 Å². The molecule has 6 heteroatoms. The number of hydrogen-bond acceptors (Lipinski definition) is 5. The van der Waals surface area contributed by atoms with Gasteiger partial charge in [0.25, 0.3) is 0 Å². The topological polar surface area (TPSA) is 56.3 Å². The van der Waals surface area contributed by atoms with Crippen LogP contribution in [0.15, 0.2) is 6.20 Å². The summed E-state index contributed by atoms with van der Waals surface area (Å²) in [5, 5.41) is 3.58. The third-order valence-electron chi connectivity index (χ3n) is 2.84. The second kappa shape index (κ2) is 5.51. The largest absolute Gasteiger partial charge is 0.473 e. The van der Waals surface area contributed by atoms with Gasteiger partial charge in [-0.15, -0.1) is 0 Å². The summed E-state index contributed by atoms with van der Waals surface area (Å²) in [5.41, 5.74) is 0. The minimum absolute atomic E-state index is 0.199. The van der Waals surface area contributed by atoms with Gasteiger partial charge in [0.15, 0.2) is 0 Å². The first-order chi connectivity index (χ1) is 8.22. The highest BCUT2D eigenvalue weighted by atomic mass is 35.5. The molecule has 0 bridgehead atoms. The van der Waals surface area contributed by atoms with E-state index >= 15 is 0 Å². The quantitative estimate of drug-likeness (QED) is 0.867. The summed E-state index contributed by atoms with van der Waals surface area (Å²) < 4.78 is 10.6. The number of nitrogens with one attached hydrogen (secondary N) is 1. The van der Waals surface area contributed by atoms with Gasteiger partial charge in [-0.25, -0.2) is 4.98 Å². The van der Waals surface area contributed by atoms with E-state index in [1.165, 1.54) is 13.3 Å². The van der Waals surface area contributed by atoms with Crippen LogP contribution in [0.1, 0.15) is 12.8 Å². The summed E-state index contributed by atoms with van der Waals surface area (Å²) in [6, 6.07) is 0.274. The molecule has 0 spiro atoms. The molecule has 1 saturated carbocycles. The maximum atomic E-state index is 5.96. The molecule has 1 N–H and O–H groups in total. The first-order valence-electron chi connectivity index (χ1n) is 5.60. The Labute approximate surface area is 105 Å². The molecule has 1 aromatic rings. The summed E-state index contributed by atoms with van der Waals surface area (Å²) >= 11 is 5.96. The molecule has 1 aliphatic carbocycles. The summed E-state index contributed by atoms with van der Waals surface area (Å²) in [4.78, 5) is 7.98. The molecule has 1 aromatic heterocycles. The van der Waals surface area contributed by atoms with Gasteiger partial charge in [-0.05, 0) is 32.4 Å². The Morgan fingerprint density at radius 1 is 1.53 bits per heavy atom. The number of methoxy groups -OCH3 is 1. The minimum atomic E-state index is 0.199. The van der Waals surface area contributed by atoms with Crippen molar-refractivity contribution in [1.82, 2.24) is 15.3 Å². The van der Waals surface area contributed by atoms with Crippen LogP contribution in [-0.2, 0) is 0 Å². The molecule has 5 nitrogen and oxygen atoms in total. The van der Waals surface area contributed by atoms with Crippen molar-refractivity contribution in [3.63, 3.8) is 0 Å². The van der Waals surface area contributed by atoms with Crippen molar-refractivity contribution in [3.8, 4) is 11.9 Å². The van der Waals surface area contributed by atoms with Crippen molar-refractivity contribution in [1.29, 1.82) is 0 Å². The molecule has 0 saturated heterocycles. The van der Waals surface area contributed by atoms with Gasteiger partial charge in [0.1, 0.15) is 11.1 Å². The lowest BCUT2D eigenvalue weighted by molar-refractivity contribution is 0.0610. The van der Waals surface area contributed by atoms with Gasteiger partial charge in [0, 0.05) is 0 Å². The highest BCUT2D eigenvalue weighted by Crippen LogP contribution is 2.33. The second-order valence-corrected chi connectivity index (χ2v) is 4.55. The third kappa shape index (κ3) is 2.98. The van der Waals surface area contributed by atoms with E-state index in [4.69, 9.17) is 21.1 Å². The van der Waals surface area contributed by atoms with Gasteiger partial charge in [-0.3, -0.25) is 0 Å². The van der Waals surface area contributed by atoms with Crippen molar-refractivity contribution in [3.05, 3.63) is 11.2 Å². The lowest BCUT2D eigenvalue weighted by atomic mass is 9.82. The molecule has 0 aliphatic heterocycles. The average molecular weight is 258 g/mol. The zero-order valence-corrected chi connectivity index (χ0v) is 10.7.